The Kier molecular flexibility index (Phi) is 5.36. The van der Waals surface area contributed by atoms with Crippen molar-refractivity contribution >= 4 is 10.0 Å². The van der Waals surface area contributed by atoms with Gasteiger partial charge in [0.05, 0.1) is 4.90 Å². The van der Waals surface area contributed by atoms with Crippen molar-refractivity contribution in [3.63, 3.8) is 0 Å². The van der Waals surface area contributed by atoms with E-state index in [1.807, 2.05) is 6.07 Å². The highest BCUT2D eigenvalue weighted by molar-refractivity contribution is 7.89. The zero-order valence-electron chi connectivity index (χ0n) is 13.6. The molecule has 1 saturated heterocycles. The van der Waals surface area contributed by atoms with Gasteiger partial charge >= 0.3 is 0 Å². The van der Waals surface area contributed by atoms with E-state index in [0.29, 0.717) is 16.7 Å². The van der Waals surface area contributed by atoms with Crippen LogP contribution in [0.3, 0.4) is 0 Å². The summed E-state index contributed by atoms with van der Waals surface area (Å²) in [7, 11) is -1.72. The van der Waals surface area contributed by atoms with E-state index in [1.165, 1.54) is 12.8 Å². The molecule has 1 aliphatic heterocycles. The van der Waals surface area contributed by atoms with Crippen molar-refractivity contribution in [1.29, 1.82) is 0 Å². The van der Waals surface area contributed by atoms with Crippen molar-refractivity contribution < 1.29 is 13.2 Å². The van der Waals surface area contributed by atoms with E-state index in [-0.39, 0.29) is 6.04 Å². The van der Waals surface area contributed by atoms with Gasteiger partial charge in [0.2, 0.25) is 10.0 Å². The van der Waals surface area contributed by atoms with Gasteiger partial charge in [-0.2, -0.15) is 0 Å². The molecule has 1 saturated carbocycles. The molecule has 0 spiro atoms. The first-order valence-electron chi connectivity index (χ1n) is 8.39. The monoisotopic (exact) mass is 338 g/mol. The molecule has 0 radical (unpaired) electrons. The van der Waals surface area contributed by atoms with Gasteiger partial charge in [-0.1, -0.05) is 18.2 Å². The second-order valence-electron chi connectivity index (χ2n) is 6.65. The van der Waals surface area contributed by atoms with Crippen molar-refractivity contribution in [1.82, 2.24) is 9.62 Å². The van der Waals surface area contributed by atoms with Crippen LogP contribution < -0.4 is 4.72 Å². The largest absolute Gasteiger partial charge is 0.385 e. The van der Waals surface area contributed by atoms with Crippen LogP contribution >= 0.6 is 0 Å². The number of hydrogen-bond donors (Lipinski definition) is 1. The molecule has 3 rings (SSSR count). The summed E-state index contributed by atoms with van der Waals surface area (Å²) in [6.07, 6.45) is 3.46. The van der Waals surface area contributed by atoms with Crippen LogP contribution in [0.15, 0.2) is 35.2 Å². The van der Waals surface area contributed by atoms with E-state index >= 15 is 0 Å². The minimum Gasteiger partial charge on any atom is -0.385 e. The number of likely N-dealkylation sites (tertiary alicyclic amines) is 1. The lowest BCUT2D eigenvalue weighted by atomic mass is 9.99. The van der Waals surface area contributed by atoms with Crippen molar-refractivity contribution in [3.05, 3.63) is 30.3 Å². The van der Waals surface area contributed by atoms with Gasteiger partial charge in [0.25, 0.3) is 0 Å². The zero-order valence-corrected chi connectivity index (χ0v) is 14.5. The van der Waals surface area contributed by atoms with Crippen LogP contribution in [0.5, 0.6) is 0 Å². The summed E-state index contributed by atoms with van der Waals surface area (Å²) in [5.41, 5.74) is 0. The zero-order chi connectivity index (χ0) is 16.3. The highest BCUT2D eigenvalue weighted by Gasteiger charge is 2.43. The molecule has 5 nitrogen and oxygen atoms in total. The SMILES string of the molecule is COCCCN1C[C@H](NS(=O)(=O)c2ccccc2)[C@@H](C2CC2)C1. The van der Waals surface area contributed by atoms with E-state index < -0.39 is 10.0 Å². The van der Waals surface area contributed by atoms with E-state index in [1.54, 1.807) is 31.4 Å². The number of rotatable bonds is 8. The molecule has 2 fully saturated rings. The predicted octanol–water partition coefficient (Wildman–Crippen LogP) is 1.71. The molecule has 23 heavy (non-hydrogen) atoms. The Morgan fingerprint density at radius 3 is 2.61 bits per heavy atom. The number of methoxy groups -OCH3 is 1. The number of sulfonamides is 1. The van der Waals surface area contributed by atoms with Crippen LogP contribution in [0.25, 0.3) is 0 Å². The molecule has 2 aliphatic rings. The smallest absolute Gasteiger partial charge is 0.240 e. The number of hydrogen-bond acceptors (Lipinski definition) is 4. The van der Waals surface area contributed by atoms with Crippen LogP contribution in [0.1, 0.15) is 19.3 Å². The fourth-order valence-corrected chi connectivity index (χ4v) is 4.82. The highest BCUT2D eigenvalue weighted by Crippen LogP contribution is 2.41. The second kappa shape index (κ2) is 7.30. The molecule has 2 atom stereocenters. The van der Waals surface area contributed by atoms with Crippen molar-refractivity contribution in [3.8, 4) is 0 Å². The Morgan fingerprint density at radius 2 is 1.96 bits per heavy atom. The molecule has 128 valence electrons. The lowest BCUT2D eigenvalue weighted by molar-refractivity contribution is 0.177. The Bertz CT molecular complexity index is 602. The van der Waals surface area contributed by atoms with Crippen molar-refractivity contribution in [2.45, 2.75) is 30.2 Å². The fourth-order valence-electron chi connectivity index (χ4n) is 3.52. The van der Waals surface area contributed by atoms with Gasteiger partial charge in [0.1, 0.15) is 0 Å². The number of nitrogens with one attached hydrogen (secondary N) is 1. The lowest BCUT2D eigenvalue weighted by Gasteiger charge is -2.19. The molecule has 0 amide bonds. The van der Waals surface area contributed by atoms with Gasteiger partial charge in [0.15, 0.2) is 0 Å². The third-order valence-corrected chi connectivity index (χ3v) is 6.36. The molecule has 6 heteroatoms. The summed E-state index contributed by atoms with van der Waals surface area (Å²) in [5, 5.41) is 0. The summed E-state index contributed by atoms with van der Waals surface area (Å²) >= 11 is 0. The third kappa shape index (κ3) is 4.32. The molecule has 0 bridgehead atoms. The molecule has 1 aliphatic carbocycles. The van der Waals surface area contributed by atoms with E-state index in [0.717, 1.165) is 32.7 Å². The van der Waals surface area contributed by atoms with Crippen LogP contribution in [-0.2, 0) is 14.8 Å². The first-order valence-corrected chi connectivity index (χ1v) is 9.87. The Morgan fingerprint density at radius 1 is 1.22 bits per heavy atom. The fraction of sp³-hybridized carbons (Fsp3) is 0.647. The minimum atomic E-state index is -3.43. The van der Waals surface area contributed by atoms with Gasteiger partial charge in [-0.05, 0) is 43.2 Å². The quantitative estimate of drug-likeness (QED) is 0.733. The summed E-state index contributed by atoms with van der Waals surface area (Å²) in [4.78, 5) is 2.73. The van der Waals surface area contributed by atoms with Crippen LogP contribution in [0, 0.1) is 11.8 Å². The van der Waals surface area contributed by atoms with Crippen molar-refractivity contribution in [2.24, 2.45) is 11.8 Å². The molecule has 0 aromatic heterocycles. The first kappa shape index (κ1) is 16.9. The topological polar surface area (TPSA) is 58.6 Å². The van der Waals surface area contributed by atoms with E-state index in [2.05, 4.69) is 9.62 Å². The maximum Gasteiger partial charge on any atom is 0.240 e. The normalized spacial score (nSPS) is 25.8. The third-order valence-electron chi connectivity index (χ3n) is 4.85. The Hall–Kier alpha value is -0.950. The van der Waals surface area contributed by atoms with E-state index in [4.69, 9.17) is 4.74 Å². The maximum absolute atomic E-state index is 12.6. The van der Waals surface area contributed by atoms with Crippen LogP contribution in [0.4, 0.5) is 0 Å². The summed E-state index contributed by atoms with van der Waals surface area (Å²) < 4.78 is 33.3. The van der Waals surface area contributed by atoms with Crippen molar-refractivity contribution in [2.75, 3.05) is 33.4 Å². The number of ether oxygens (including phenoxy) is 1. The predicted molar refractivity (Wildman–Crippen MR) is 89.7 cm³/mol. The summed E-state index contributed by atoms with van der Waals surface area (Å²) in [5.74, 6) is 1.13. The molecular weight excluding hydrogens is 312 g/mol. The number of benzene rings is 1. The molecule has 0 unspecified atom stereocenters. The van der Waals surface area contributed by atoms with Gasteiger partial charge in [-0.25, -0.2) is 13.1 Å². The van der Waals surface area contributed by atoms with Crippen LogP contribution in [-0.4, -0.2) is 52.7 Å². The average molecular weight is 338 g/mol. The molecule has 1 heterocycles. The Balaban J connectivity index is 1.65. The lowest BCUT2D eigenvalue weighted by Crippen LogP contribution is -2.41. The standard InChI is InChI=1S/C17H26N2O3S/c1-22-11-5-10-19-12-16(14-8-9-14)17(13-19)18-23(20,21)15-6-3-2-4-7-15/h2-4,6-7,14,16-18H,5,8-13H2,1H3/t16-,17+/m1/s1. The van der Waals surface area contributed by atoms with Gasteiger partial charge in [-0.15, -0.1) is 0 Å². The summed E-state index contributed by atoms with van der Waals surface area (Å²) in [6, 6.07) is 8.69. The summed E-state index contributed by atoms with van der Waals surface area (Å²) in [6.45, 7) is 3.53. The highest BCUT2D eigenvalue weighted by atomic mass is 32.2. The second-order valence-corrected chi connectivity index (χ2v) is 8.36. The first-order chi connectivity index (χ1) is 11.1. The van der Waals surface area contributed by atoms with E-state index in [9.17, 15) is 8.42 Å². The van der Waals surface area contributed by atoms with Gasteiger partial charge in [0, 0.05) is 39.4 Å². The average Bonchev–Trinajstić information content (AvgIpc) is 3.31. The molecule has 1 aromatic carbocycles. The van der Waals surface area contributed by atoms with Gasteiger partial charge < -0.3 is 9.64 Å². The molecular formula is C17H26N2O3S. The van der Waals surface area contributed by atoms with Crippen LogP contribution in [0.2, 0.25) is 0 Å². The Labute approximate surface area is 139 Å². The molecule has 1 aromatic rings. The maximum atomic E-state index is 12.6. The minimum absolute atomic E-state index is 0.0234. The van der Waals surface area contributed by atoms with Gasteiger partial charge in [-0.3, -0.25) is 0 Å². The molecule has 1 N–H and O–H groups in total. The number of nitrogens with zero attached hydrogens (tertiary/aromatic N) is 1.